The Morgan fingerprint density at radius 3 is 3.00 bits per heavy atom. The van der Waals surface area contributed by atoms with Gasteiger partial charge in [-0.1, -0.05) is 0 Å². The Labute approximate surface area is 96.9 Å². The molecular weight excluding hydrogens is 202 g/mol. The van der Waals surface area contributed by atoms with Crippen LogP contribution in [0, 0.1) is 0 Å². The molecule has 4 nitrogen and oxygen atoms in total. The highest BCUT2D eigenvalue weighted by molar-refractivity contribution is 5.15. The van der Waals surface area contributed by atoms with Gasteiger partial charge < -0.3 is 15.0 Å². The Kier molecular flexibility index (Phi) is 3.98. The maximum absolute atomic E-state index is 9.56. The van der Waals surface area contributed by atoms with Crippen LogP contribution >= 0.6 is 0 Å². The van der Waals surface area contributed by atoms with E-state index < -0.39 is 0 Å². The third kappa shape index (κ3) is 2.64. The van der Waals surface area contributed by atoms with Crippen molar-refractivity contribution in [2.45, 2.75) is 12.5 Å². The number of aromatic nitrogens is 1. The van der Waals surface area contributed by atoms with Crippen LogP contribution in [-0.4, -0.2) is 47.4 Å². The third-order valence-electron chi connectivity index (χ3n) is 3.23. The van der Waals surface area contributed by atoms with E-state index >= 15 is 0 Å². The fourth-order valence-electron chi connectivity index (χ4n) is 2.33. The van der Waals surface area contributed by atoms with Gasteiger partial charge in [-0.2, -0.15) is 0 Å². The Balaban J connectivity index is 2.08. The topological polar surface area (TPSA) is 40.4 Å². The summed E-state index contributed by atoms with van der Waals surface area (Å²) >= 11 is 0. The number of aliphatic hydroxyl groups is 1. The van der Waals surface area contributed by atoms with Crippen molar-refractivity contribution in [1.82, 2.24) is 14.8 Å². The Hall–Kier alpha value is -0.840. The molecule has 16 heavy (non-hydrogen) atoms. The van der Waals surface area contributed by atoms with Gasteiger partial charge in [0.15, 0.2) is 0 Å². The lowest BCUT2D eigenvalue weighted by Gasteiger charge is -2.28. The number of rotatable bonds is 3. The van der Waals surface area contributed by atoms with Crippen molar-refractivity contribution in [2.75, 3.05) is 32.8 Å². The number of hydrogen-bond acceptors (Lipinski definition) is 3. The molecule has 1 aromatic heterocycles. The minimum absolute atomic E-state index is 0.154. The zero-order chi connectivity index (χ0) is 11.4. The summed E-state index contributed by atoms with van der Waals surface area (Å²) in [7, 11) is 2.02. The highest BCUT2D eigenvalue weighted by Gasteiger charge is 2.20. The van der Waals surface area contributed by atoms with Crippen LogP contribution in [0.2, 0.25) is 0 Å². The summed E-state index contributed by atoms with van der Waals surface area (Å²) < 4.78 is 2.04. The van der Waals surface area contributed by atoms with E-state index in [0.29, 0.717) is 0 Å². The fourth-order valence-corrected chi connectivity index (χ4v) is 2.33. The van der Waals surface area contributed by atoms with E-state index in [2.05, 4.69) is 22.5 Å². The third-order valence-corrected chi connectivity index (χ3v) is 3.23. The Bertz CT molecular complexity index is 316. The predicted octanol–water partition coefficient (Wildman–Crippen LogP) is 0.354. The quantitative estimate of drug-likeness (QED) is 0.777. The van der Waals surface area contributed by atoms with E-state index in [1.165, 1.54) is 5.56 Å². The van der Waals surface area contributed by atoms with Crippen LogP contribution < -0.4 is 5.32 Å². The van der Waals surface area contributed by atoms with Crippen LogP contribution in [0.3, 0.4) is 0 Å². The van der Waals surface area contributed by atoms with E-state index in [-0.39, 0.29) is 12.6 Å². The molecule has 0 bridgehead atoms. The first kappa shape index (κ1) is 11.6. The largest absolute Gasteiger partial charge is 0.394 e. The van der Waals surface area contributed by atoms with Gasteiger partial charge in [0.25, 0.3) is 0 Å². The minimum atomic E-state index is 0.154. The van der Waals surface area contributed by atoms with Gasteiger partial charge >= 0.3 is 0 Å². The summed E-state index contributed by atoms with van der Waals surface area (Å²) in [6.45, 7) is 4.38. The standard InChI is InChI=1S/C12H21N3O/c1-14-7-3-11(9-14)12(10-16)15-6-2-4-13-5-8-15/h3,7,9,12-13,16H,2,4-6,8,10H2,1H3. The molecule has 0 aliphatic carbocycles. The fraction of sp³-hybridized carbons (Fsp3) is 0.667. The molecule has 4 heteroatoms. The van der Waals surface area contributed by atoms with Crippen molar-refractivity contribution < 1.29 is 5.11 Å². The lowest BCUT2D eigenvalue weighted by molar-refractivity contribution is 0.130. The van der Waals surface area contributed by atoms with E-state index in [1.807, 2.05) is 17.8 Å². The maximum atomic E-state index is 9.56. The summed E-state index contributed by atoms with van der Waals surface area (Å²) in [5.41, 5.74) is 1.21. The molecule has 0 saturated carbocycles. The zero-order valence-corrected chi connectivity index (χ0v) is 9.89. The number of hydrogen-bond donors (Lipinski definition) is 2. The van der Waals surface area contributed by atoms with Gasteiger partial charge in [0.05, 0.1) is 12.6 Å². The van der Waals surface area contributed by atoms with Gasteiger partial charge in [-0.25, -0.2) is 0 Å². The molecule has 2 rings (SSSR count). The first-order chi connectivity index (χ1) is 7.81. The summed E-state index contributed by atoms with van der Waals surface area (Å²) in [5, 5.41) is 12.9. The number of nitrogens with zero attached hydrogens (tertiary/aromatic N) is 2. The van der Waals surface area contributed by atoms with Gasteiger partial charge in [-0.05, 0) is 24.6 Å². The van der Waals surface area contributed by atoms with Crippen molar-refractivity contribution in [3.63, 3.8) is 0 Å². The van der Waals surface area contributed by atoms with E-state index in [4.69, 9.17) is 0 Å². The van der Waals surface area contributed by atoms with Crippen LogP contribution in [0.4, 0.5) is 0 Å². The molecule has 1 aliphatic rings. The predicted molar refractivity (Wildman–Crippen MR) is 64.3 cm³/mol. The molecule has 0 aromatic carbocycles. The van der Waals surface area contributed by atoms with Gasteiger partial charge in [0.1, 0.15) is 0 Å². The molecule has 0 radical (unpaired) electrons. The van der Waals surface area contributed by atoms with Gasteiger partial charge in [-0.15, -0.1) is 0 Å². The highest BCUT2D eigenvalue weighted by Crippen LogP contribution is 2.20. The maximum Gasteiger partial charge on any atom is 0.0629 e. The van der Waals surface area contributed by atoms with Gasteiger partial charge in [-0.3, -0.25) is 4.90 Å². The van der Waals surface area contributed by atoms with Crippen LogP contribution in [-0.2, 0) is 7.05 Å². The molecule has 1 fully saturated rings. The number of nitrogens with one attached hydrogen (secondary N) is 1. The Morgan fingerprint density at radius 1 is 1.44 bits per heavy atom. The average molecular weight is 223 g/mol. The van der Waals surface area contributed by atoms with E-state index in [1.54, 1.807) is 0 Å². The average Bonchev–Trinajstić information content (AvgIpc) is 2.55. The molecule has 1 aromatic rings. The molecule has 2 heterocycles. The van der Waals surface area contributed by atoms with Crippen LogP contribution in [0.1, 0.15) is 18.0 Å². The van der Waals surface area contributed by atoms with Crippen molar-refractivity contribution in [3.8, 4) is 0 Å². The molecule has 2 N–H and O–H groups in total. The van der Waals surface area contributed by atoms with Gasteiger partial charge in [0, 0.05) is 39.1 Å². The van der Waals surface area contributed by atoms with E-state index in [9.17, 15) is 5.11 Å². The van der Waals surface area contributed by atoms with Gasteiger partial charge in [0.2, 0.25) is 0 Å². The van der Waals surface area contributed by atoms with Crippen LogP contribution in [0.15, 0.2) is 18.5 Å². The van der Waals surface area contributed by atoms with Crippen LogP contribution in [0.5, 0.6) is 0 Å². The zero-order valence-electron chi connectivity index (χ0n) is 9.89. The molecule has 1 atom stereocenters. The second kappa shape index (κ2) is 5.48. The minimum Gasteiger partial charge on any atom is -0.394 e. The molecule has 1 saturated heterocycles. The second-order valence-corrected chi connectivity index (χ2v) is 4.45. The molecule has 1 unspecified atom stereocenters. The van der Waals surface area contributed by atoms with Crippen molar-refractivity contribution in [2.24, 2.45) is 7.05 Å². The molecular formula is C12H21N3O. The molecule has 1 aliphatic heterocycles. The second-order valence-electron chi connectivity index (χ2n) is 4.45. The highest BCUT2D eigenvalue weighted by atomic mass is 16.3. The first-order valence-corrected chi connectivity index (χ1v) is 5.99. The van der Waals surface area contributed by atoms with Crippen molar-refractivity contribution >= 4 is 0 Å². The van der Waals surface area contributed by atoms with Crippen LogP contribution in [0.25, 0.3) is 0 Å². The SMILES string of the molecule is Cn1ccc(C(CO)N2CCCNCC2)c1. The lowest BCUT2D eigenvalue weighted by atomic mass is 10.1. The Morgan fingerprint density at radius 2 is 2.31 bits per heavy atom. The van der Waals surface area contributed by atoms with Crippen molar-refractivity contribution in [3.05, 3.63) is 24.0 Å². The van der Waals surface area contributed by atoms with Crippen molar-refractivity contribution in [1.29, 1.82) is 0 Å². The number of aliphatic hydroxyl groups excluding tert-OH is 1. The summed E-state index contributed by atoms with van der Waals surface area (Å²) in [6, 6.07) is 2.25. The molecule has 0 spiro atoms. The van der Waals surface area contributed by atoms with E-state index in [0.717, 1.165) is 32.6 Å². The lowest BCUT2D eigenvalue weighted by Crippen LogP contribution is -2.34. The monoisotopic (exact) mass is 223 g/mol. The summed E-state index contributed by atoms with van der Waals surface area (Å²) in [6.07, 6.45) is 5.29. The normalized spacial score (nSPS) is 20.6. The number of aryl methyl sites for hydroxylation is 1. The summed E-state index contributed by atoms with van der Waals surface area (Å²) in [5.74, 6) is 0. The first-order valence-electron chi connectivity index (χ1n) is 5.99. The molecule has 0 amide bonds. The molecule has 90 valence electrons. The smallest absolute Gasteiger partial charge is 0.0629 e. The summed E-state index contributed by atoms with van der Waals surface area (Å²) in [4.78, 5) is 2.37.